The summed E-state index contributed by atoms with van der Waals surface area (Å²) in [5.41, 5.74) is 26.2. The van der Waals surface area contributed by atoms with Crippen molar-refractivity contribution in [3.8, 4) is 56.5 Å². The lowest BCUT2D eigenvalue weighted by Crippen LogP contribution is -2.33. The van der Waals surface area contributed by atoms with Crippen molar-refractivity contribution in [2.75, 3.05) is 0 Å². The topological polar surface area (TPSA) is 44.9 Å². The van der Waals surface area contributed by atoms with Crippen molar-refractivity contribution in [3.63, 3.8) is 0 Å². The first-order valence-electron chi connectivity index (χ1n) is 26.1. The van der Waals surface area contributed by atoms with Gasteiger partial charge in [0.1, 0.15) is 11.5 Å². The van der Waals surface area contributed by atoms with E-state index in [1.165, 1.54) is 88.3 Å². The van der Waals surface area contributed by atoms with Gasteiger partial charge in [0.05, 0.1) is 68.1 Å². The van der Waals surface area contributed by atoms with Gasteiger partial charge in [-0.1, -0.05) is 138 Å². The standard InChI is InChI=1S/C70H46N4O/c1-39-21-25-61-49(29-39)50-30-40(2)22-26-62(50)73(61)43-33-59-67(71-37-43)68-60(34-44(38-72-68)74-63-27-23-41(3)31-51(63)52-32-42(4)24-28-64(52)74)70(59)56-19-11-12-20-65(56)75-66-36-57-48(35-58(66)70)47-15-7-10-18-55(47)69(57)53-16-8-5-13-45(53)46-14-6-9-17-54(46)69/h5-38H,1-4H3. The number of ether oxygens (including phenoxy) is 1. The minimum atomic E-state index is -0.913. The summed E-state index contributed by atoms with van der Waals surface area (Å²) < 4.78 is 12.3. The lowest BCUT2D eigenvalue weighted by molar-refractivity contribution is 0.435. The van der Waals surface area contributed by atoms with Crippen LogP contribution in [0.25, 0.3) is 88.6 Å². The molecule has 4 aromatic heterocycles. The van der Waals surface area contributed by atoms with Crippen LogP contribution in [0.3, 0.4) is 0 Å². The molecule has 0 saturated heterocycles. The summed E-state index contributed by atoms with van der Waals surface area (Å²) >= 11 is 0. The first-order valence-corrected chi connectivity index (χ1v) is 26.1. The number of nitrogens with zero attached hydrogens (tertiary/aromatic N) is 4. The molecule has 5 heteroatoms. The fourth-order valence-corrected chi connectivity index (χ4v) is 14.5. The van der Waals surface area contributed by atoms with Crippen LogP contribution in [0, 0.1) is 27.7 Å². The molecule has 0 amide bonds. The Morgan fingerprint density at radius 2 is 0.707 bits per heavy atom. The van der Waals surface area contributed by atoms with E-state index in [0.717, 1.165) is 78.6 Å². The van der Waals surface area contributed by atoms with Gasteiger partial charge in [-0.15, -0.1) is 0 Å². The monoisotopic (exact) mass is 958 g/mol. The predicted octanol–water partition coefficient (Wildman–Crippen LogP) is 16.7. The summed E-state index contributed by atoms with van der Waals surface area (Å²) in [7, 11) is 0. The maximum Gasteiger partial charge on any atom is 0.132 e. The molecule has 9 aromatic carbocycles. The second-order valence-corrected chi connectivity index (χ2v) is 21.6. The minimum Gasteiger partial charge on any atom is -0.457 e. The number of pyridine rings is 2. The summed E-state index contributed by atoms with van der Waals surface area (Å²) in [4.78, 5) is 11.2. The average molecular weight is 959 g/mol. The number of benzene rings is 9. The molecule has 0 bridgehead atoms. The summed E-state index contributed by atoms with van der Waals surface area (Å²) in [6, 6.07) is 72.9. The molecule has 3 aliphatic carbocycles. The summed E-state index contributed by atoms with van der Waals surface area (Å²) in [5, 5.41) is 4.93. The maximum atomic E-state index is 7.43. The molecule has 13 aromatic rings. The van der Waals surface area contributed by atoms with E-state index in [1.807, 2.05) is 0 Å². The third-order valence-electron chi connectivity index (χ3n) is 17.5. The second kappa shape index (κ2) is 14.2. The Balaban J connectivity index is 1.01. The fraction of sp³-hybridized carbons (Fsp3) is 0.0857. The van der Waals surface area contributed by atoms with Crippen molar-refractivity contribution in [2.24, 2.45) is 0 Å². The van der Waals surface area contributed by atoms with Crippen LogP contribution in [0.5, 0.6) is 11.5 Å². The first kappa shape index (κ1) is 41.2. The smallest absolute Gasteiger partial charge is 0.132 e. The Labute approximate surface area is 433 Å². The maximum absolute atomic E-state index is 7.43. The number of fused-ring (bicyclic) bond motifs is 25. The zero-order valence-electron chi connectivity index (χ0n) is 41.8. The highest BCUT2D eigenvalue weighted by Gasteiger charge is 2.56. The van der Waals surface area contributed by atoms with Crippen LogP contribution in [0.15, 0.2) is 207 Å². The Kier molecular flexibility index (Phi) is 7.82. The molecule has 0 radical (unpaired) electrons. The van der Waals surface area contributed by atoms with Crippen molar-refractivity contribution >= 4 is 43.6 Å². The number of hydrogen-bond donors (Lipinski definition) is 0. The minimum absolute atomic E-state index is 0.545. The molecule has 0 fully saturated rings. The zero-order chi connectivity index (χ0) is 49.6. The average Bonchev–Trinajstić information content (AvgIpc) is 4.20. The highest BCUT2D eigenvalue weighted by Crippen LogP contribution is 2.67. The SMILES string of the molecule is Cc1ccc2c(c1)c1cc(C)ccc1n2-c1cnc2c(c1)C1(c3ccccc3Oc3cc4c(cc31)-c1ccccc1C41c3ccccc3-c3ccccc31)c1cc(-n3c4ccc(C)cc4c4cc(C)ccc43)cnc1-2. The van der Waals surface area contributed by atoms with Crippen molar-refractivity contribution in [1.82, 2.24) is 19.1 Å². The normalized spacial score (nSPS) is 14.5. The number of aryl methyl sites for hydroxylation is 4. The van der Waals surface area contributed by atoms with Gasteiger partial charge in [0, 0.05) is 43.8 Å². The highest BCUT2D eigenvalue weighted by atomic mass is 16.5. The summed E-state index contributed by atoms with van der Waals surface area (Å²) in [5.74, 6) is 1.66. The second-order valence-electron chi connectivity index (χ2n) is 21.6. The molecule has 1 aliphatic heterocycles. The quantitative estimate of drug-likeness (QED) is 0.173. The Morgan fingerprint density at radius 1 is 0.320 bits per heavy atom. The van der Waals surface area contributed by atoms with Crippen molar-refractivity contribution < 1.29 is 4.74 Å². The van der Waals surface area contributed by atoms with Crippen LogP contribution in [0.4, 0.5) is 0 Å². The van der Waals surface area contributed by atoms with Crippen LogP contribution in [-0.2, 0) is 10.8 Å². The van der Waals surface area contributed by atoms with Gasteiger partial charge >= 0.3 is 0 Å². The van der Waals surface area contributed by atoms with E-state index >= 15 is 0 Å². The van der Waals surface area contributed by atoms with E-state index in [0.29, 0.717) is 0 Å². The molecule has 2 spiro atoms. The molecule has 5 heterocycles. The molecule has 17 rings (SSSR count). The van der Waals surface area contributed by atoms with E-state index in [2.05, 4.69) is 243 Å². The fourth-order valence-electron chi connectivity index (χ4n) is 14.5. The number of aromatic nitrogens is 4. The third kappa shape index (κ3) is 5.03. The lowest BCUT2D eigenvalue weighted by Gasteiger charge is -2.40. The van der Waals surface area contributed by atoms with Gasteiger partial charge in [0.25, 0.3) is 0 Å². The highest BCUT2D eigenvalue weighted by molar-refractivity contribution is 6.11. The number of hydrogen-bond acceptors (Lipinski definition) is 3. The molecule has 4 aliphatic rings. The molecule has 75 heavy (non-hydrogen) atoms. The van der Waals surface area contributed by atoms with Crippen LogP contribution in [-0.4, -0.2) is 19.1 Å². The molecule has 0 unspecified atom stereocenters. The Hall–Kier alpha value is -9.32. The molecular weight excluding hydrogens is 913 g/mol. The van der Waals surface area contributed by atoms with E-state index in [-0.39, 0.29) is 0 Å². The largest absolute Gasteiger partial charge is 0.457 e. The third-order valence-corrected chi connectivity index (χ3v) is 17.5. The van der Waals surface area contributed by atoms with E-state index in [4.69, 9.17) is 14.7 Å². The molecular formula is C70H46N4O. The van der Waals surface area contributed by atoms with E-state index < -0.39 is 10.8 Å². The van der Waals surface area contributed by atoms with Crippen molar-refractivity contribution in [1.29, 1.82) is 0 Å². The van der Waals surface area contributed by atoms with Gasteiger partial charge in [-0.05, 0) is 151 Å². The molecule has 0 N–H and O–H groups in total. The molecule has 5 nitrogen and oxygen atoms in total. The van der Waals surface area contributed by atoms with Crippen molar-refractivity contribution in [3.05, 3.63) is 273 Å². The van der Waals surface area contributed by atoms with E-state index in [9.17, 15) is 0 Å². The van der Waals surface area contributed by atoms with Crippen LogP contribution < -0.4 is 4.74 Å². The van der Waals surface area contributed by atoms with Gasteiger partial charge < -0.3 is 13.9 Å². The van der Waals surface area contributed by atoms with Crippen LogP contribution in [0.2, 0.25) is 0 Å². The molecule has 0 atom stereocenters. The molecule has 352 valence electrons. The predicted molar refractivity (Wildman–Crippen MR) is 303 cm³/mol. The Bertz CT molecular complexity index is 4420. The Morgan fingerprint density at radius 3 is 1.16 bits per heavy atom. The van der Waals surface area contributed by atoms with Gasteiger partial charge in [0.2, 0.25) is 0 Å². The number of rotatable bonds is 2. The van der Waals surface area contributed by atoms with Gasteiger partial charge in [0.15, 0.2) is 0 Å². The van der Waals surface area contributed by atoms with Gasteiger partial charge in [-0.2, -0.15) is 0 Å². The van der Waals surface area contributed by atoms with Crippen LogP contribution >= 0.6 is 0 Å². The lowest BCUT2D eigenvalue weighted by atomic mass is 9.65. The van der Waals surface area contributed by atoms with E-state index in [1.54, 1.807) is 0 Å². The van der Waals surface area contributed by atoms with Crippen LogP contribution in [0.1, 0.15) is 66.8 Å². The number of para-hydroxylation sites is 1. The van der Waals surface area contributed by atoms with Gasteiger partial charge in [-0.3, -0.25) is 9.97 Å². The summed E-state index contributed by atoms with van der Waals surface area (Å²) in [6.07, 6.45) is 4.13. The molecule has 0 saturated carbocycles. The first-order chi connectivity index (χ1) is 36.8. The summed E-state index contributed by atoms with van der Waals surface area (Å²) in [6.45, 7) is 8.72. The van der Waals surface area contributed by atoms with Gasteiger partial charge in [-0.25, -0.2) is 0 Å². The zero-order valence-corrected chi connectivity index (χ0v) is 41.8. The van der Waals surface area contributed by atoms with Crippen molar-refractivity contribution in [2.45, 2.75) is 38.5 Å².